The molecule has 1 saturated heterocycles. The summed E-state index contributed by atoms with van der Waals surface area (Å²) >= 11 is 3.22. The Morgan fingerprint density at radius 1 is 1.33 bits per heavy atom. The molecule has 0 saturated carbocycles. The molecule has 1 aromatic rings. The van der Waals surface area contributed by atoms with Gasteiger partial charge in [0.15, 0.2) is 0 Å². The van der Waals surface area contributed by atoms with E-state index in [-0.39, 0.29) is 5.56 Å². The van der Waals surface area contributed by atoms with Crippen LogP contribution in [0.5, 0.6) is 0 Å². The maximum absolute atomic E-state index is 12.8. The molecule has 0 N–H and O–H groups in total. The molecule has 1 amide bonds. The minimum Gasteiger partial charge on any atom is -0.381 e. The highest BCUT2D eigenvalue weighted by molar-refractivity contribution is 9.10. The van der Waals surface area contributed by atoms with Gasteiger partial charge in [0.1, 0.15) is 6.54 Å². The van der Waals surface area contributed by atoms with Gasteiger partial charge in [-0.05, 0) is 31.0 Å². The fourth-order valence-corrected chi connectivity index (χ4v) is 2.74. The zero-order chi connectivity index (χ0) is 15.5. The number of alkyl halides is 3. The van der Waals surface area contributed by atoms with E-state index in [9.17, 15) is 18.0 Å². The average Bonchev–Trinajstić information content (AvgIpc) is 2.44. The summed E-state index contributed by atoms with van der Waals surface area (Å²) in [6.45, 7) is -0.474. The summed E-state index contributed by atoms with van der Waals surface area (Å²) in [5.41, 5.74) is 0.250. The molecule has 7 heteroatoms. The van der Waals surface area contributed by atoms with Gasteiger partial charge in [-0.25, -0.2) is 0 Å². The number of hydrogen-bond acceptors (Lipinski definition) is 2. The van der Waals surface area contributed by atoms with Crippen molar-refractivity contribution >= 4 is 21.8 Å². The van der Waals surface area contributed by atoms with Crippen LogP contribution in [0, 0.1) is 0 Å². The van der Waals surface area contributed by atoms with Crippen LogP contribution in [-0.2, 0) is 4.74 Å². The lowest BCUT2D eigenvalue weighted by molar-refractivity contribution is -0.147. The Kier molecular flexibility index (Phi) is 5.27. The topological polar surface area (TPSA) is 29.5 Å². The number of nitrogens with zero attached hydrogens (tertiary/aromatic N) is 1. The summed E-state index contributed by atoms with van der Waals surface area (Å²) in [6, 6.07) is 5.97. The largest absolute Gasteiger partial charge is 0.406 e. The van der Waals surface area contributed by atoms with Gasteiger partial charge in [-0.2, -0.15) is 13.2 Å². The van der Waals surface area contributed by atoms with Crippen molar-refractivity contribution in [1.29, 1.82) is 0 Å². The van der Waals surface area contributed by atoms with Crippen LogP contribution >= 0.6 is 15.9 Å². The number of benzene rings is 1. The third-order valence-electron chi connectivity index (χ3n) is 3.31. The van der Waals surface area contributed by atoms with E-state index in [1.165, 1.54) is 12.1 Å². The zero-order valence-corrected chi connectivity index (χ0v) is 12.8. The van der Waals surface area contributed by atoms with Gasteiger partial charge in [0.05, 0.1) is 0 Å². The van der Waals surface area contributed by atoms with E-state index in [1.54, 1.807) is 12.1 Å². The Balaban J connectivity index is 2.23. The molecule has 0 radical (unpaired) electrons. The van der Waals surface area contributed by atoms with Crippen LogP contribution in [-0.4, -0.2) is 42.8 Å². The Hall–Kier alpha value is -1.08. The van der Waals surface area contributed by atoms with Crippen LogP contribution in [0.2, 0.25) is 0 Å². The highest BCUT2D eigenvalue weighted by Gasteiger charge is 2.37. The van der Waals surface area contributed by atoms with Crippen LogP contribution in [0.15, 0.2) is 28.7 Å². The second-order valence-corrected chi connectivity index (χ2v) is 5.82. The van der Waals surface area contributed by atoms with Crippen molar-refractivity contribution in [3.63, 3.8) is 0 Å². The first-order valence-electron chi connectivity index (χ1n) is 6.58. The normalized spacial score (nSPS) is 16.8. The lowest BCUT2D eigenvalue weighted by atomic mass is 10.1. The lowest BCUT2D eigenvalue weighted by Crippen LogP contribution is -2.47. The first kappa shape index (κ1) is 16.3. The van der Waals surface area contributed by atoms with Crippen LogP contribution < -0.4 is 0 Å². The third kappa shape index (κ3) is 4.71. The minimum atomic E-state index is -4.42. The number of rotatable bonds is 3. The predicted octanol–water partition coefficient (Wildman–Crippen LogP) is 3.63. The predicted molar refractivity (Wildman–Crippen MR) is 75.1 cm³/mol. The molecule has 3 nitrogen and oxygen atoms in total. The minimum absolute atomic E-state index is 0.250. The van der Waals surface area contributed by atoms with E-state index in [2.05, 4.69) is 15.9 Å². The first-order chi connectivity index (χ1) is 9.87. The van der Waals surface area contributed by atoms with E-state index < -0.39 is 24.7 Å². The smallest absolute Gasteiger partial charge is 0.381 e. The standard InChI is InChI=1S/C14H15BrF3NO2/c15-11-3-1-2-10(8-11)13(20)19(9-14(16,17)18)12-4-6-21-7-5-12/h1-3,8,12H,4-7,9H2. The molecular weight excluding hydrogens is 351 g/mol. The number of hydrogen-bond donors (Lipinski definition) is 0. The van der Waals surface area contributed by atoms with Crippen molar-refractivity contribution in [2.24, 2.45) is 0 Å². The second-order valence-electron chi connectivity index (χ2n) is 4.90. The highest BCUT2D eigenvalue weighted by Crippen LogP contribution is 2.24. The number of amides is 1. The average molecular weight is 366 g/mol. The molecule has 116 valence electrons. The fourth-order valence-electron chi connectivity index (χ4n) is 2.34. The Bertz CT molecular complexity index is 501. The first-order valence-corrected chi connectivity index (χ1v) is 7.37. The third-order valence-corrected chi connectivity index (χ3v) is 3.81. The van der Waals surface area contributed by atoms with E-state index in [4.69, 9.17) is 4.74 Å². The van der Waals surface area contributed by atoms with E-state index in [1.807, 2.05) is 0 Å². The van der Waals surface area contributed by atoms with E-state index in [0.717, 1.165) is 4.90 Å². The van der Waals surface area contributed by atoms with Gasteiger partial charge in [-0.15, -0.1) is 0 Å². The molecule has 0 spiro atoms. The number of halogens is 4. The fraction of sp³-hybridized carbons (Fsp3) is 0.500. The summed E-state index contributed by atoms with van der Waals surface area (Å²) in [6.07, 6.45) is -3.56. The van der Waals surface area contributed by atoms with Crippen molar-refractivity contribution in [2.75, 3.05) is 19.8 Å². The molecule has 1 aromatic carbocycles. The number of carbonyl (C=O) groups is 1. The molecule has 1 fully saturated rings. The van der Waals surface area contributed by atoms with Gasteiger partial charge in [-0.1, -0.05) is 22.0 Å². The van der Waals surface area contributed by atoms with Crippen molar-refractivity contribution in [2.45, 2.75) is 25.1 Å². The summed E-state index contributed by atoms with van der Waals surface area (Å²) < 4.78 is 44.2. The number of ether oxygens (including phenoxy) is 1. The van der Waals surface area contributed by atoms with Gasteiger partial charge >= 0.3 is 6.18 Å². The Morgan fingerprint density at radius 3 is 2.57 bits per heavy atom. The van der Waals surface area contributed by atoms with Gasteiger partial charge in [0, 0.05) is 29.3 Å². The van der Waals surface area contributed by atoms with Crippen molar-refractivity contribution in [3.05, 3.63) is 34.3 Å². The second kappa shape index (κ2) is 6.79. The van der Waals surface area contributed by atoms with Crippen LogP contribution in [0.1, 0.15) is 23.2 Å². The Morgan fingerprint density at radius 2 is 2.00 bits per heavy atom. The molecule has 2 rings (SSSR count). The molecule has 0 aliphatic carbocycles. The summed E-state index contributed by atoms with van der Waals surface area (Å²) in [4.78, 5) is 13.4. The maximum atomic E-state index is 12.8. The molecule has 1 aliphatic heterocycles. The van der Waals surface area contributed by atoms with Gasteiger partial charge < -0.3 is 9.64 Å². The van der Waals surface area contributed by atoms with E-state index in [0.29, 0.717) is 30.5 Å². The zero-order valence-electron chi connectivity index (χ0n) is 11.2. The lowest BCUT2D eigenvalue weighted by Gasteiger charge is -2.34. The van der Waals surface area contributed by atoms with Gasteiger partial charge in [0.25, 0.3) is 5.91 Å². The maximum Gasteiger partial charge on any atom is 0.406 e. The van der Waals surface area contributed by atoms with Crippen molar-refractivity contribution < 1.29 is 22.7 Å². The van der Waals surface area contributed by atoms with E-state index >= 15 is 0 Å². The quantitative estimate of drug-likeness (QED) is 0.818. The Labute approximate surface area is 129 Å². The highest BCUT2D eigenvalue weighted by atomic mass is 79.9. The molecule has 0 bridgehead atoms. The van der Waals surface area contributed by atoms with Crippen molar-refractivity contribution in [1.82, 2.24) is 4.90 Å². The summed E-state index contributed by atoms with van der Waals surface area (Å²) in [5, 5.41) is 0. The SMILES string of the molecule is O=C(c1cccc(Br)c1)N(CC(F)(F)F)C1CCOCC1. The number of carbonyl (C=O) groups excluding carboxylic acids is 1. The summed E-state index contributed by atoms with van der Waals surface area (Å²) in [5.74, 6) is -0.597. The molecular formula is C14H15BrF3NO2. The molecule has 1 aliphatic rings. The van der Waals surface area contributed by atoms with Crippen molar-refractivity contribution in [3.8, 4) is 0 Å². The van der Waals surface area contributed by atoms with Crippen LogP contribution in [0.3, 0.4) is 0 Å². The molecule has 1 heterocycles. The summed E-state index contributed by atoms with van der Waals surface area (Å²) in [7, 11) is 0. The molecule has 21 heavy (non-hydrogen) atoms. The van der Waals surface area contributed by atoms with Gasteiger partial charge in [-0.3, -0.25) is 4.79 Å². The van der Waals surface area contributed by atoms with Gasteiger partial charge in [0.2, 0.25) is 0 Å². The molecule has 0 aromatic heterocycles. The van der Waals surface area contributed by atoms with Crippen LogP contribution in [0.25, 0.3) is 0 Å². The monoisotopic (exact) mass is 365 g/mol. The molecule has 0 unspecified atom stereocenters. The van der Waals surface area contributed by atoms with Crippen LogP contribution in [0.4, 0.5) is 13.2 Å². The molecule has 0 atom stereocenters.